The molecule has 0 atom stereocenters. The Labute approximate surface area is 187 Å². The first-order valence-electron chi connectivity index (χ1n) is 10.6. The number of H-pyrrole nitrogens is 1. The first-order chi connectivity index (χ1) is 15.9. The van der Waals surface area contributed by atoms with E-state index in [2.05, 4.69) is 20.3 Å². The zero-order valence-electron chi connectivity index (χ0n) is 17.5. The first-order valence-corrected chi connectivity index (χ1v) is 10.6. The molecular formula is C24H20F3N5O. The van der Waals surface area contributed by atoms with Gasteiger partial charge in [-0.2, -0.15) is 13.2 Å². The van der Waals surface area contributed by atoms with Crippen LogP contribution in [0.5, 0.6) is 0 Å². The van der Waals surface area contributed by atoms with Crippen LogP contribution in [0.4, 0.5) is 24.5 Å². The lowest BCUT2D eigenvalue weighted by atomic mass is 10.0. The second kappa shape index (κ2) is 8.23. The number of para-hydroxylation sites is 1. The van der Waals surface area contributed by atoms with Crippen LogP contribution in [0.25, 0.3) is 22.4 Å². The van der Waals surface area contributed by atoms with Crippen molar-refractivity contribution in [2.24, 2.45) is 0 Å². The van der Waals surface area contributed by atoms with E-state index < -0.39 is 17.6 Å². The standard InChI is InChI=1S/C24H20F3N5O/c25-24(26,27)19-13-16(32-11-1-2-12-32)8-9-17(19)22-30-20-7-3-6-18(21(20)31-22)23(33)29-15-5-4-10-28-14-15/h3-10,13-14H,1-2,11-12H2,(H,29,33)(H,30,31). The lowest BCUT2D eigenvalue weighted by Gasteiger charge is -2.20. The van der Waals surface area contributed by atoms with Crippen molar-refractivity contribution in [2.45, 2.75) is 19.0 Å². The molecule has 1 aliphatic heterocycles. The Morgan fingerprint density at radius 1 is 1.06 bits per heavy atom. The maximum atomic E-state index is 14.0. The number of alkyl halides is 3. The molecule has 2 aromatic heterocycles. The topological polar surface area (TPSA) is 73.9 Å². The van der Waals surface area contributed by atoms with Gasteiger partial charge in [-0.05, 0) is 55.3 Å². The second-order valence-electron chi connectivity index (χ2n) is 7.90. The number of pyridine rings is 1. The van der Waals surface area contributed by atoms with Crippen LogP contribution in [0.1, 0.15) is 28.8 Å². The molecule has 2 aromatic carbocycles. The molecule has 1 saturated heterocycles. The summed E-state index contributed by atoms with van der Waals surface area (Å²) in [5.41, 5.74) is 1.27. The van der Waals surface area contributed by atoms with Gasteiger partial charge in [0.2, 0.25) is 0 Å². The number of fused-ring (bicyclic) bond motifs is 1. The molecule has 0 unspecified atom stereocenters. The molecule has 5 rings (SSSR count). The van der Waals surface area contributed by atoms with Crippen LogP contribution in [0.2, 0.25) is 0 Å². The van der Waals surface area contributed by atoms with Gasteiger partial charge < -0.3 is 15.2 Å². The van der Waals surface area contributed by atoms with Gasteiger partial charge in [-0.15, -0.1) is 0 Å². The zero-order chi connectivity index (χ0) is 23.0. The maximum Gasteiger partial charge on any atom is 0.417 e. The Balaban J connectivity index is 1.55. The number of hydrogen-bond donors (Lipinski definition) is 2. The number of halogens is 3. The number of aromatic amines is 1. The van der Waals surface area contributed by atoms with Crippen LogP contribution in [-0.2, 0) is 6.18 Å². The highest BCUT2D eigenvalue weighted by molar-refractivity contribution is 6.11. The summed E-state index contributed by atoms with van der Waals surface area (Å²) in [7, 11) is 0. The molecule has 1 fully saturated rings. The summed E-state index contributed by atoms with van der Waals surface area (Å²) in [5, 5.41) is 2.73. The van der Waals surface area contributed by atoms with E-state index >= 15 is 0 Å². The van der Waals surface area contributed by atoms with Crippen molar-refractivity contribution < 1.29 is 18.0 Å². The SMILES string of the molecule is O=C(Nc1cccnc1)c1cccc2[nH]c(-c3ccc(N4CCCC4)cc3C(F)(F)F)nc12. The number of amides is 1. The molecule has 6 nitrogen and oxygen atoms in total. The van der Waals surface area contributed by atoms with Crippen LogP contribution in [0.15, 0.2) is 60.9 Å². The largest absolute Gasteiger partial charge is 0.417 e. The summed E-state index contributed by atoms with van der Waals surface area (Å²) in [5.74, 6) is -0.362. The Morgan fingerprint density at radius 3 is 2.61 bits per heavy atom. The van der Waals surface area contributed by atoms with Crippen molar-refractivity contribution in [3.63, 3.8) is 0 Å². The smallest absolute Gasteiger partial charge is 0.372 e. The number of anilines is 2. The monoisotopic (exact) mass is 451 g/mol. The fourth-order valence-corrected chi connectivity index (χ4v) is 4.12. The molecule has 0 spiro atoms. The summed E-state index contributed by atoms with van der Waals surface area (Å²) < 4.78 is 41.9. The minimum absolute atomic E-state index is 0.0553. The summed E-state index contributed by atoms with van der Waals surface area (Å²) in [6, 6.07) is 12.6. The predicted octanol–water partition coefficient (Wildman–Crippen LogP) is 5.50. The number of aromatic nitrogens is 3. The third kappa shape index (κ3) is 4.13. The Kier molecular flexibility index (Phi) is 5.24. The third-order valence-electron chi connectivity index (χ3n) is 5.71. The van der Waals surface area contributed by atoms with Crippen molar-refractivity contribution >= 4 is 28.3 Å². The zero-order valence-corrected chi connectivity index (χ0v) is 17.5. The van der Waals surface area contributed by atoms with Crippen molar-refractivity contribution in [2.75, 3.05) is 23.3 Å². The molecule has 3 heterocycles. The van der Waals surface area contributed by atoms with E-state index in [1.54, 1.807) is 42.6 Å². The first kappa shape index (κ1) is 21.0. The van der Waals surface area contributed by atoms with Crippen molar-refractivity contribution in [1.29, 1.82) is 0 Å². The average molecular weight is 451 g/mol. The number of imidazole rings is 1. The van der Waals surface area contributed by atoms with E-state index in [-0.39, 0.29) is 17.0 Å². The minimum Gasteiger partial charge on any atom is -0.372 e. The van der Waals surface area contributed by atoms with E-state index in [0.29, 0.717) is 22.4 Å². The molecule has 0 saturated carbocycles. The van der Waals surface area contributed by atoms with E-state index in [9.17, 15) is 18.0 Å². The van der Waals surface area contributed by atoms with Gasteiger partial charge in [0, 0.05) is 30.5 Å². The number of hydrogen-bond acceptors (Lipinski definition) is 4. The lowest BCUT2D eigenvalue weighted by Crippen LogP contribution is -2.19. The van der Waals surface area contributed by atoms with Gasteiger partial charge >= 0.3 is 6.18 Å². The summed E-state index contributed by atoms with van der Waals surface area (Å²) in [6.07, 6.45) is 0.479. The quantitative estimate of drug-likeness (QED) is 0.430. The Bertz CT molecular complexity index is 1310. The van der Waals surface area contributed by atoms with Crippen LogP contribution < -0.4 is 10.2 Å². The second-order valence-corrected chi connectivity index (χ2v) is 7.90. The highest BCUT2D eigenvalue weighted by atomic mass is 19.4. The number of carbonyl (C=O) groups is 1. The van der Waals surface area contributed by atoms with Crippen LogP contribution in [-0.4, -0.2) is 33.9 Å². The molecule has 0 radical (unpaired) electrons. The summed E-state index contributed by atoms with van der Waals surface area (Å²) in [6.45, 7) is 1.49. The van der Waals surface area contributed by atoms with Crippen molar-refractivity contribution in [3.05, 3.63) is 72.1 Å². The number of rotatable bonds is 4. The normalized spacial score (nSPS) is 14.1. The van der Waals surface area contributed by atoms with Crippen LogP contribution in [0, 0.1) is 0 Å². The van der Waals surface area contributed by atoms with E-state index in [1.165, 1.54) is 18.3 Å². The van der Waals surface area contributed by atoms with Gasteiger partial charge in [0.1, 0.15) is 11.3 Å². The maximum absolute atomic E-state index is 14.0. The molecule has 1 amide bonds. The van der Waals surface area contributed by atoms with Crippen LogP contribution >= 0.6 is 0 Å². The molecule has 2 N–H and O–H groups in total. The number of carbonyl (C=O) groups excluding carboxylic acids is 1. The fourth-order valence-electron chi connectivity index (χ4n) is 4.12. The van der Waals surface area contributed by atoms with Gasteiger partial charge in [0.05, 0.1) is 28.5 Å². The average Bonchev–Trinajstić information content (AvgIpc) is 3.48. The van der Waals surface area contributed by atoms with Gasteiger partial charge in [0.15, 0.2) is 0 Å². The Morgan fingerprint density at radius 2 is 1.88 bits per heavy atom. The molecule has 1 aliphatic rings. The van der Waals surface area contributed by atoms with E-state index in [0.717, 1.165) is 25.9 Å². The summed E-state index contributed by atoms with van der Waals surface area (Å²) in [4.78, 5) is 26.1. The molecule has 4 aromatic rings. The fraction of sp³-hybridized carbons (Fsp3) is 0.208. The van der Waals surface area contributed by atoms with Gasteiger partial charge in [-0.3, -0.25) is 9.78 Å². The van der Waals surface area contributed by atoms with Gasteiger partial charge in [-0.1, -0.05) is 6.07 Å². The van der Waals surface area contributed by atoms with Crippen LogP contribution in [0.3, 0.4) is 0 Å². The Hall–Kier alpha value is -3.88. The van der Waals surface area contributed by atoms with Gasteiger partial charge in [0.25, 0.3) is 5.91 Å². The molecule has 9 heteroatoms. The molecule has 33 heavy (non-hydrogen) atoms. The van der Waals surface area contributed by atoms with Crippen molar-refractivity contribution in [3.8, 4) is 11.4 Å². The molecule has 0 aliphatic carbocycles. The summed E-state index contributed by atoms with van der Waals surface area (Å²) >= 11 is 0. The number of nitrogens with zero attached hydrogens (tertiary/aromatic N) is 3. The highest BCUT2D eigenvalue weighted by Gasteiger charge is 2.35. The lowest BCUT2D eigenvalue weighted by molar-refractivity contribution is -0.137. The highest BCUT2D eigenvalue weighted by Crippen LogP contribution is 2.39. The van der Waals surface area contributed by atoms with Gasteiger partial charge in [-0.25, -0.2) is 4.98 Å². The third-order valence-corrected chi connectivity index (χ3v) is 5.71. The van der Waals surface area contributed by atoms with E-state index in [4.69, 9.17) is 0 Å². The molecule has 168 valence electrons. The van der Waals surface area contributed by atoms with Crippen molar-refractivity contribution in [1.82, 2.24) is 15.0 Å². The number of benzene rings is 2. The minimum atomic E-state index is -4.55. The number of nitrogens with one attached hydrogen (secondary N) is 2. The molecular weight excluding hydrogens is 431 g/mol. The van der Waals surface area contributed by atoms with E-state index in [1.807, 2.05) is 4.90 Å². The predicted molar refractivity (Wildman–Crippen MR) is 120 cm³/mol. The molecule has 0 bridgehead atoms.